The van der Waals surface area contributed by atoms with Crippen LogP contribution in [0.15, 0.2) is 24.3 Å². The Morgan fingerprint density at radius 2 is 2.06 bits per heavy atom. The largest absolute Gasteiger partial charge is 0.305 e. The lowest BCUT2D eigenvalue weighted by molar-refractivity contribution is 0.456. The van der Waals surface area contributed by atoms with Crippen LogP contribution >= 0.6 is 11.6 Å². The number of nitrogens with one attached hydrogen (secondary N) is 1. The number of hydrogen-bond acceptors (Lipinski definition) is 2. The van der Waals surface area contributed by atoms with Gasteiger partial charge in [-0.1, -0.05) is 30.7 Å². The molecular formula is C12H16ClNOS. The Bertz CT molecular complexity index is 379. The van der Waals surface area contributed by atoms with Crippen LogP contribution in [-0.4, -0.2) is 21.8 Å². The van der Waals surface area contributed by atoms with Crippen molar-refractivity contribution in [3.8, 4) is 0 Å². The number of benzene rings is 1. The van der Waals surface area contributed by atoms with Crippen LogP contribution < -0.4 is 5.32 Å². The molecule has 1 aliphatic heterocycles. The van der Waals surface area contributed by atoms with E-state index in [1.807, 2.05) is 24.3 Å². The summed E-state index contributed by atoms with van der Waals surface area (Å²) in [5, 5.41) is 4.28. The maximum Gasteiger partial charge on any atom is 0.0439 e. The second-order valence-electron chi connectivity index (χ2n) is 4.15. The summed E-state index contributed by atoms with van der Waals surface area (Å²) in [6, 6.07) is 8.37. The third-order valence-electron chi connectivity index (χ3n) is 2.94. The van der Waals surface area contributed by atoms with Crippen LogP contribution in [-0.2, 0) is 10.8 Å². The molecule has 16 heavy (non-hydrogen) atoms. The van der Waals surface area contributed by atoms with Gasteiger partial charge in [0.05, 0.1) is 0 Å². The molecule has 1 aromatic carbocycles. The highest BCUT2D eigenvalue weighted by molar-refractivity contribution is 7.85. The van der Waals surface area contributed by atoms with E-state index in [4.69, 9.17) is 11.6 Å². The Hall–Kier alpha value is -0.380. The van der Waals surface area contributed by atoms with E-state index in [-0.39, 0.29) is 6.04 Å². The zero-order valence-electron chi connectivity index (χ0n) is 9.28. The fourth-order valence-electron chi connectivity index (χ4n) is 1.98. The summed E-state index contributed by atoms with van der Waals surface area (Å²) in [4.78, 5) is 0. The molecule has 2 nitrogen and oxygen atoms in total. The van der Waals surface area contributed by atoms with Gasteiger partial charge in [-0.25, -0.2) is 0 Å². The molecule has 88 valence electrons. The quantitative estimate of drug-likeness (QED) is 0.882. The van der Waals surface area contributed by atoms with E-state index in [1.54, 1.807) is 0 Å². The first-order valence-electron chi connectivity index (χ1n) is 5.55. The zero-order valence-corrected chi connectivity index (χ0v) is 10.9. The van der Waals surface area contributed by atoms with E-state index in [0.717, 1.165) is 17.2 Å². The van der Waals surface area contributed by atoms with E-state index in [2.05, 4.69) is 12.2 Å². The molecule has 3 atom stereocenters. The minimum atomic E-state index is -0.702. The molecule has 0 bridgehead atoms. The molecule has 0 saturated carbocycles. The van der Waals surface area contributed by atoms with Gasteiger partial charge in [-0.15, -0.1) is 0 Å². The number of hydrogen-bond donors (Lipinski definition) is 1. The third kappa shape index (κ3) is 2.84. The van der Waals surface area contributed by atoms with Gasteiger partial charge in [-0.2, -0.15) is 0 Å². The lowest BCUT2D eigenvalue weighted by Crippen LogP contribution is -2.44. The van der Waals surface area contributed by atoms with E-state index in [1.165, 1.54) is 5.56 Å². The summed E-state index contributed by atoms with van der Waals surface area (Å²) in [6.07, 6.45) is 1.02. The molecule has 3 unspecified atom stereocenters. The first-order valence-corrected chi connectivity index (χ1v) is 7.42. The molecular weight excluding hydrogens is 242 g/mol. The summed E-state index contributed by atoms with van der Waals surface area (Å²) in [5.41, 5.74) is 1.18. The molecule has 0 amide bonds. The molecule has 1 saturated heterocycles. The summed E-state index contributed by atoms with van der Waals surface area (Å²) < 4.78 is 11.7. The molecule has 1 aromatic rings. The molecule has 1 heterocycles. The van der Waals surface area contributed by atoms with Crippen molar-refractivity contribution >= 4 is 22.4 Å². The highest BCUT2D eigenvalue weighted by Gasteiger charge is 2.25. The zero-order chi connectivity index (χ0) is 11.5. The van der Waals surface area contributed by atoms with Crippen LogP contribution in [0, 0.1) is 0 Å². The Morgan fingerprint density at radius 3 is 2.69 bits per heavy atom. The first-order chi connectivity index (χ1) is 7.69. The first kappa shape index (κ1) is 12.1. The van der Waals surface area contributed by atoms with Crippen molar-refractivity contribution in [3.63, 3.8) is 0 Å². The highest BCUT2D eigenvalue weighted by atomic mass is 35.5. The lowest BCUT2D eigenvalue weighted by atomic mass is 10.1. The normalized spacial score (nSPS) is 30.2. The summed E-state index contributed by atoms with van der Waals surface area (Å²) in [7, 11) is -0.702. The molecule has 1 fully saturated rings. The molecule has 4 heteroatoms. The molecule has 0 radical (unpaired) electrons. The molecule has 0 aliphatic carbocycles. The maximum atomic E-state index is 11.7. The fraction of sp³-hybridized carbons (Fsp3) is 0.500. The minimum absolute atomic E-state index is 0.205. The molecule has 0 aromatic heterocycles. The molecule has 0 spiro atoms. The average Bonchev–Trinajstić information content (AvgIpc) is 2.29. The van der Waals surface area contributed by atoms with Crippen molar-refractivity contribution < 1.29 is 4.21 Å². The lowest BCUT2D eigenvalue weighted by Gasteiger charge is -2.30. The van der Waals surface area contributed by atoms with E-state index in [9.17, 15) is 4.21 Å². The van der Waals surface area contributed by atoms with Crippen molar-refractivity contribution in [2.45, 2.75) is 25.4 Å². The third-order valence-corrected chi connectivity index (χ3v) is 4.67. The highest BCUT2D eigenvalue weighted by Crippen LogP contribution is 2.21. The van der Waals surface area contributed by atoms with Crippen LogP contribution in [0.2, 0.25) is 5.02 Å². The van der Waals surface area contributed by atoms with Gasteiger partial charge in [0.25, 0.3) is 0 Å². The van der Waals surface area contributed by atoms with Gasteiger partial charge >= 0.3 is 0 Å². The maximum absolute atomic E-state index is 11.7. The average molecular weight is 258 g/mol. The predicted molar refractivity (Wildman–Crippen MR) is 69.3 cm³/mol. The topological polar surface area (TPSA) is 29.1 Å². The Balaban J connectivity index is 2.14. The smallest absolute Gasteiger partial charge is 0.0439 e. The van der Waals surface area contributed by atoms with Gasteiger partial charge in [-0.3, -0.25) is 4.21 Å². The van der Waals surface area contributed by atoms with Gasteiger partial charge in [0, 0.05) is 39.4 Å². The molecule has 1 aliphatic rings. The van der Waals surface area contributed by atoms with Gasteiger partial charge in [0.15, 0.2) is 0 Å². The van der Waals surface area contributed by atoms with E-state index < -0.39 is 10.8 Å². The predicted octanol–water partition coefficient (Wildman–Crippen LogP) is 2.51. The summed E-state index contributed by atoms with van der Waals surface area (Å²) >= 11 is 5.85. The van der Waals surface area contributed by atoms with E-state index in [0.29, 0.717) is 11.8 Å². The Labute approximate surface area is 104 Å². The van der Waals surface area contributed by atoms with Crippen molar-refractivity contribution in [1.82, 2.24) is 5.32 Å². The SMILES string of the molecule is CCC1CS(=O)CC(c2ccc(Cl)cc2)N1. The van der Waals surface area contributed by atoms with Crippen LogP contribution in [0.1, 0.15) is 24.9 Å². The van der Waals surface area contributed by atoms with Crippen LogP contribution in [0.3, 0.4) is 0 Å². The number of rotatable bonds is 2. The second kappa shape index (κ2) is 5.30. The molecule has 1 N–H and O–H groups in total. The van der Waals surface area contributed by atoms with Gasteiger partial charge < -0.3 is 5.32 Å². The number of halogens is 1. The van der Waals surface area contributed by atoms with Gasteiger partial charge in [0.2, 0.25) is 0 Å². The summed E-state index contributed by atoms with van der Waals surface area (Å²) in [5.74, 6) is 1.48. The van der Waals surface area contributed by atoms with Crippen molar-refractivity contribution in [3.05, 3.63) is 34.9 Å². The van der Waals surface area contributed by atoms with E-state index >= 15 is 0 Å². The van der Waals surface area contributed by atoms with Gasteiger partial charge in [0.1, 0.15) is 0 Å². The van der Waals surface area contributed by atoms with Crippen molar-refractivity contribution in [1.29, 1.82) is 0 Å². The van der Waals surface area contributed by atoms with Crippen molar-refractivity contribution in [2.75, 3.05) is 11.5 Å². The second-order valence-corrected chi connectivity index (χ2v) is 6.13. The Kier molecular flexibility index (Phi) is 4.00. The van der Waals surface area contributed by atoms with Crippen LogP contribution in [0.4, 0.5) is 0 Å². The minimum Gasteiger partial charge on any atom is -0.305 e. The van der Waals surface area contributed by atoms with Crippen LogP contribution in [0.5, 0.6) is 0 Å². The van der Waals surface area contributed by atoms with Crippen molar-refractivity contribution in [2.24, 2.45) is 0 Å². The standard InChI is InChI=1S/C12H16ClNOS/c1-2-11-7-16(15)8-12(14-11)9-3-5-10(13)6-4-9/h3-6,11-12,14H,2,7-8H2,1H3. The van der Waals surface area contributed by atoms with Gasteiger partial charge in [-0.05, 0) is 24.1 Å². The fourth-order valence-corrected chi connectivity index (χ4v) is 3.69. The monoisotopic (exact) mass is 257 g/mol. The Morgan fingerprint density at radius 1 is 1.38 bits per heavy atom. The molecule has 2 rings (SSSR count). The summed E-state index contributed by atoms with van der Waals surface area (Å²) in [6.45, 7) is 2.12. The van der Waals surface area contributed by atoms with Crippen LogP contribution in [0.25, 0.3) is 0 Å².